The third-order valence-electron chi connectivity index (χ3n) is 4.89. The van der Waals surface area contributed by atoms with Crippen molar-refractivity contribution < 1.29 is 12.8 Å². The molecule has 0 aromatic heterocycles. The average molecular weight is 398 g/mol. The Balaban J connectivity index is 1.95. The van der Waals surface area contributed by atoms with Crippen LogP contribution >= 0.6 is 0 Å². The van der Waals surface area contributed by atoms with Crippen LogP contribution in [0.5, 0.6) is 0 Å². The van der Waals surface area contributed by atoms with Crippen LogP contribution in [0.15, 0.2) is 23.2 Å². The minimum atomic E-state index is -3.19. The molecule has 1 aromatic carbocycles. The first kappa shape index (κ1) is 21.7. The second-order valence-electron chi connectivity index (χ2n) is 7.40. The maximum Gasteiger partial charge on any atom is 0.191 e. The highest BCUT2D eigenvalue weighted by atomic mass is 32.2. The molecule has 0 radical (unpaired) electrons. The highest BCUT2D eigenvalue weighted by Gasteiger charge is 2.14. The Kier molecular flexibility index (Phi) is 8.54. The minimum absolute atomic E-state index is 0.108. The summed E-state index contributed by atoms with van der Waals surface area (Å²) in [7, 11) is -3.19. The molecule has 0 saturated heterocycles. The van der Waals surface area contributed by atoms with Gasteiger partial charge in [-0.3, -0.25) is 0 Å². The standard InChI is InChI=1S/C20H32FN3O2S/c1-3-22-20(23-12-6-9-16-7-4-5-8-16)24-14-18-13-19(21)11-10-17(18)15-27(2,25)26/h10-11,13,16H,3-9,12,14-15H2,1-2H3,(H2,22,23,24). The molecule has 1 fully saturated rings. The largest absolute Gasteiger partial charge is 0.357 e. The van der Waals surface area contributed by atoms with Gasteiger partial charge >= 0.3 is 0 Å². The van der Waals surface area contributed by atoms with E-state index in [1.54, 1.807) is 0 Å². The van der Waals surface area contributed by atoms with E-state index in [9.17, 15) is 12.8 Å². The zero-order chi connectivity index (χ0) is 19.7. The van der Waals surface area contributed by atoms with E-state index in [1.165, 1.54) is 56.6 Å². The molecule has 152 valence electrons. The lowest BCUT2D eigenvalue weighted by Gasteiger charge is -2.14. The third kappa shape index (κ3) is 8.28. The van der Waals surface area contributed by atoms with Gasteiger partial charge in [-0.2, -0.15) is 0 Å². The van der Waals surface area contributed by atoms with Crippen molar-refractivity contribution in [3.05, 3.63) is 35.1 Å². The zero-order valence-electron chi connectivity index (χ0n) is 16.4. The van der Waals surface area contributed by atoms with Gasteiger partial charge in [0.15, 0.2) is 15.8 Å². The lowest BCUT2D eigenvalue weighted by Crippen LogP contribution is -2.37. The summed E-state index contributed by atoms with van der Waals surface area (Å²) < 4.78 is 36.8. The van der Waals surface area contributed by atoms with Gasteiger partial charge in [0.2, 0.25) is 0 Å². The van der Waals surface area contributed by atoms with E-state index >= 15 is 0 Å². The maximum atomic E-state index is 13.6. The van der Waals surface area contributed by atoms with E-state index < -0.39 is 9.84 Å². The van der Waals surface area contributed by atoms with Crippen LogP contribution in [0.1, 0.15) is 56.6 Å². The first-order valence-corrected chi connectivity index (χ1v) is 11.9. The van der Waals surface area contributed by atoms with Crippen LogP contribution in [0.4, 0.5) is 4.39 Å². The highest BCUT2D eigenvalue weighted by Crippen LogP contribution is 2.28. The molecule has 0 bridgehead atoms. The summed E-state index contributed by atoms with van der Waals surface area (Å²) in [5.41, 5.74) is 1.20. The average Bonchev–Trinajstić information content (AvgIpc) is 3.10. The third-order valence-corrected chi connectivity index (χ3v) is 5.73. The Hall–Kier alpha value is -1.63. The highest BCUT2D eigenvalue weighted by molar-refractivity contribution is 7.89. The Morgan fingerprint density at radius 3 is 2.63 bits per heavy atom. The van der Waals surface area contributed by atoms with E-state index in [4.69, 9.17) is 0 Å². The molecule has 1 aliphatic carbocycles. The van der Waals surface area contributed by atoms with Crippen LogP contribution in [-0.2, 0) is 22.1 Å². The Bertz CT molecular complexity index is 729. The first-order chi connectivity index (χ1) is 12.9. The fraction of sp³-hybridized carbons (Fsp3) is 0.650. The van der Waals surface area contributed by atoms with Crippen molar-refractivity contribution >= 4 is 15.8 Å². The van der Waals surface area contributed by atoms with Crippen LogP contribution in [0.25, 0.3) is 0 Å². The van der Waals surface area contributed by atoms with Gasteiger partial charge in [0.25, 0.3) is 0 Å². The summed E-state index contributed by atoms with van der Waals surface area (Å²) in [5, 5.41) is 6.51. The smallest absolute Gasteiger partial charge is 0.191 e. The summed E-state index contributed by atoms with van der Waals surface area (Å²) in [6.07, 6.45) is 8.98. The summed E-state index contributed by atoms with van der Waals surface area (Å²) in [4.78, 5) is 4.52. The van der Waals surface area contributed by atoms with E-state index in [2.05, 4.69) is 15.6 Å². The van der Waals surface area contributed by atoms with Crippen molar-refractivity contribution in [3.8, 4) is 0 Å². The normalized spacial score (nSPS) is 15.9. The fourth-order valence-corrected chi connectivity index (χ4v) is 4.41. The van der Waals surface area contributed by atoms with Gasteiger partial charge in [-0.05, 0) is 48.9 Å². The molecule has 0 spiro atoms. The molecular formula is C20H32FN3O2S. The molecule has 0 heterocycles. The van der Waals surface area contributed by atoms with Crippen LogP contribution < -0.4 is 10.6 Å². The molecular weight excluding hydrogens is 365 g/mol. The van der Waals surface area contributed by atoms with Gasteiger partial charge in [-0.15, -0.1) is 0 Å². The molecule has 7 heteroatoms. The second kappa shape index (κ2) is 10.6. The van der Waals surface area contributed by atoms with E-state index in [1.807, 2.05) is 6.92 Å². The Morgan fingerprint density at radius 1 is 1.22 bits per heavy atom. The van der Waals surface area contributed by atoms with Crippen molar-refractivity contribution in [2.45, 2.75) is 57.7 Å². The molecule has 0 aliphatic heterocycles. The number of rotatable bonds is 9. The van der Waals surface area contributed by atoms with Crippen molar-refractivity contribution in [2.75, 3.05) is 19.3 Å². The number of hydrogen-bond acceptors (Lipinski definition) is 3. The quantitative estimate of drug-likeness (QED) is 0.381. The van der Waals surface area contributed by atoms with E-state index in [0.717, 1.165) is 25.4 Å². The van der Waals surface area contributed by atoms with E-state index in [0.29, 0.717) is 17.1 Å². The summed E-state index contributed by atoms with van der Waals surface area (Å²) in [6, 6.07) is 4.19. The molecule has 1 aliphatic rings. The molecule has 5 nitrogen and oxygen atoms in total. The van der Waals surface area contributed by atoms with Crippen LogP contribution in [0.2, 0.25) is 0 Å². The molecule has 1 saturated carbocycles. The minimum Gasteiger partial charge on any atom is -0.357 e. The SMILES string of the molecule is CCNC(=NCc1cc(F)ccc1CS(C)(=O)=O)NCCCC1CCCC1. The summed E-state index contributed by atoms with van der Waals surface area (Å²) in [6.45, 7) is 3.81. The van der Waals surface area contributed by atoms with Gasteiger partial charge in [0, 0.05) is 19.3 Å². The Labute approximate surface area is 162 Å². The van der Waals surface area contributed by atoms with Crippen molar-refractivity contribution in [3.63, 3.8) is 0 Å². The number of nitrogens with one attached hydrogen (secondary N) is 2. The molecule has 0 atom stereocenters. The fourth-order valence-electron chi connectivity index (χ4n) is 3.57. The molecule has 2 N–H and O–H groups in total. The van der Waals surface area contributed by atoms with Gasteiger partial charge in [0.1, 0.15) is 5.82 Å². The van der Waals surface area contributed by atoms with Gasteiger partial charge < -0.3 is 10.6 Å². The van der Waals surface area contributed by atoms with Crippen LogP contribution in [0, 0.1) is 11.7 Å². The lowest BCUT2D eigenvalue weighted by molar-refractivity contribution is 0.481. The maximum absolute atomic E-state index is 13.6. The number of nitrogens with zero attached hydrogens (tertiary/aromatic N) is 1. The number of guanidine groups is 1. The van der Waals surface area contributed by atoms with Crippen molar-refractivity contribution in [2.24, 2.45) is 10.9 Å². The Morgan fingerprint density at radius 2 is 1.96 bits per heavy atom. The van der Waals surface area contributed by atoms with Crippen molar-refractivity contribution in [1.82, 2.24) is 10.6 Å². The number of halogens is 1. The summed E-state index contributed by atoms with van der Waals surface area (Å²) >= 11 is 0. The molecule has 27 heavy (non-hydrogen) atoms. The van der Waals surface area contributed by atoms with Crippen LogP contribution in [0.3, 0.4) is 0 Å². The number of sulfone groups is 1. The van der Waals surface area contributed by atoms with Gasteiger partial charge in [-0.1, -0.05) is 31.7 Å². The van der Waals surface area contributed by atoms with Gasteiger partial charge in [0.05, 0.1) is 12.3 Å². The summed E-state index contributed by atoms with van der Waals surface area (Å²) in [5.74, 6) is 1.06. The molecule has 0 unspecified atom stereocenters. The first-order valence-electron chi connectivity index (χ1n) is 9.84. The van der Waals surface area contributed by atoms with Gasteiger partial charge in [-0.25, -0.2) is 17.8 Å². The number of aliphatic imine (C=N–C) groups is 1. The number of benzene rings is 1. The molecule has 1 aromatic rings. The zero-order valence-corrected chi connectivity index (χ0v) is 17.2. The van der Waals surface area contributed by atoms with Crippen LogP contribution in [-0.4, -0.2) is 33.7 Å². The molecule has 0 amide bonds. The predicted molar refractivity (Wildman–Crippen MR) is 109 cm³/mol. The number of hydrogen-bond donors (Lipinski definition) is 2. The van der Waals surface area contributed by atoms with E-state index in [-0.39, 0.29) is 18.1 Å². The van der Waals surface area contributed by atoms with Crippen molar-refractivity contribution in [1.29, 1.82) is 0 Å². The monoisotopic (exact) mass is 397 g/mol. The predicted octanol–water partition coefficient (Wildman–Crippen LogP) is 3.40. The molecule has 2 rings (SSSR count). The lowest BCUT2D eigenvalue weighted by atomic mass is 10.0. The second-order valence-corrected chi connectivity index (χ2v) is 9.54. The topological polar surface area (TPSA) is 70.6 Å².